The smallest absolute Gasteiger partial charge is 0.242 e. The summed E-state index contributed by atoms with van der Waals surface area (Å²) in [5.74, 6) is 2.44. The van der Waals surface area contributed by atoms with Crippen molar-refractivity contribution in [3.63, 3.8) is 0 Å². The van der Waals surface area contributed by atoms with Crippen LogP contribution >= 0.6 is 0 Å². The Hall–Kier alpha value is -1.46. The molecule has 1 aromatic carbocycles. The van der Waals surface area contributed by atoms with Crippen LogP contribution in [-0.2, 0) is 10.0 Å². The van der Waals surface area contributed by atoms with E-state index in [9.17, 15) is 8.42 Å². The summed E-state index contributed by atoms with van der Waals surface area (Å²) in [6.45, 7) is 2.09. The average molecular weight is 371 g/mol. The highest BCUT2D eigenvalue weighted by Gasteiger charge is 2.53. The van der Waals surface area contributed by atoms with Gasteiger partial charge in [-0.1, -0.05) is 18.2 Å². The van der Waals surface area contributed by atoms with Gasteiger partial charge in [0.1, 0.15) is 4.90 Å². The van der Waals surface area contributed by atoms with Crippen LogP contribution in [0.1, 0.15) is 45.4 Å². The fraction of sp³-hybridized carbons (Fsp3) is 0.571. The second-order valence-corrected chi connectivity index (χ2v) is 10.6. The zero-order valence-corrected chi connectivity index (χ0v) is 16.0. The first-order chi connectivity index (χ1) is 12.5. The van der Waals surface area contributed by atoms with Gasteiger partial charge in [0.2, 0.25) is 10.0 Å². The van der Waals surface area contributed by atoms with E-state index in [4.69, 9.17) is 0 Å². The minimum absolute atomic E-state index is 0.0279. The number of fused-ring (bicyclic) bond motifs is 1. The Bertz CT molecular complexity index is 913. The van der Waals surface area contributed by atoms with Crippen molar-refractivity contribution in [3.8, 4) is 0 Å². The number of nitrogens with one attached hydrogen (secondary N) is 1. The normalized spacial score (nSPS) is 34.3. The Balaban J connectivity index is 1.46. The number of benzene rings is 1. The molecule has 0 aliphatic heterocycles. The molecule has 6 rings (SSSR count). The molecule has 2 aromatic rings. The van der Waals surface area contributed by atoms with E-state index >= 15 is 0 Å². The van der Waals surface area contributed by atoms with E-state index in [0.717, 1.165) is 23.1 Å². The molecule has 4 bridgehead atoms. The van der Waals surface area contributed by atoms with Gasteiger partial charge in [-0.05, 0) is 80.8 Å². The molecule has 4 saturated carbocycles. The van der Waals surface area contributed by atoms with E-state index in [0.29, 0.717) is 10.4 Å². The quantitative estimate of drug-likeness (QED) is 0.881. The Kier molecular flexibility index (Phi) is 3.70. The van der Waals surface area contributed by atoms with E-state index in [1.54, 1.807) is 18.3 Å². The number of pyridine rings is 1. The summed E-state index contributed by atoms with van der Waals surface area (Å²) in [7, 11) is -3.59. The highest BCUT2D eigenvalue weighted by molar-refractivity contribution is 7.89. The summed E-state index contributed by atoms with van der Waals surface area (Å²) < 4.78 is 29.5. The number of para-hydroxylation sites is 1. The van der Waals surface area contributed by atoms with Gasteiger partial charge in [0.15, 0.2) is 0 Å². The van der Waals surface area contributed by atoms with E-state index in [-0.39, 0.29) is 11.5 Å². The Morgan fingerprint density at radius 2 is 1.65 bits per heavy atom. The molecule has 4 nitrogen and oxygen atoms in total. The van der Waals surface area contributed by atoms with Crippen LogP contribution in [0.5, 0.6) is 0 Å². The molecular formula is C21H26N2O2S. The van der Waals surface area contributed by atoms with E-state index in [2.05, 4.69) is 16.6 Å². The largest absolute Gasteiger partial charge is 0.255 e. The zero-order chi connectivity index (χ0) is 17.9. The summed E-state index contributed by atoms with van der Waals surface area (Å²) in [6.07, 6.45) is 9.33. The second kappa shape index (κ2) is 5.77. The number of aromatic nitrogens is 1. The van der Waals surface area contributed by atoms with Crippen molar-refractivity contribution in [2.75, 3.05) is 0 Å². The van der Waals surface area contributed by atoms with Gasteiger partial charge in [0.05, 0.1) is 5.52 Å². The topological polar surface area (TPSA) is 59.1 Å². The minimum atomic E-state index is -3.59. The molecule has 1 aromatic heterocycles. The third kappa shape index (κ3) is 2.59. The first-order valence-corrected chi connectivity index (χ1v) is 11.3. The summed E-state index contributed by atoms with van der Waals surface area (Å²) in [4.78, 5) is 4.63. The molecule has 1 heterocycles. The number of sulfonamides is 1. The van der Waals surface area contributed by atoms with Crippen molar-refractivity contribution < 1.29 is 8.42 Å². The molecule has 1 atom stereocenters. The lowest BCUT2D eigenvalue weighted by atomic mass is 9.48. The highest BCUT2D eigenvalue weighted by Crippen LogP contribution is 2.61. The molecule has 1 unspecified atom stereocenters. The molecule has 26 heavy (non-hydrogen) atoms. The lowest BCUT2D eigenvalue weighted by Gasteiger charge is -2.59. The summed E-state index contributed by atoms with van der Waals surface area (Å²) >= 11 is 0. The number of hydrogen-bond acceptors (Lipinski definition) is 3. The van der Waals surface area contributed by atoms with E-state index in [1.807, 2.05) is 18.2 Å². The Morgan fingerprint density at radius 1 is 1.04 bits per heavy atom. The minimum Gasteiger partial charge on any atom is -0.255 e. The first-order valence-electron chi connectivity index (χ1n) is 9.81. The molecule has 0 spiro atoms. The summed E-state index contributed by atoms with van der Waals surface area (Å²) in [5, 5.41) is 0.859. The first kappa shape index (κ1) is 16.7. The van der Waals surface area contributed by atoms with Crippen LogP contribution in [0, 0.1) is 23.2 Å². The molecule has 4 aliphatic rings. The lowest BCUT2D eigenvalue weighted by Crippen LogP contribution is -2.55. The molecule has 138 valence electrons. The molecule has 0 saturated heterocycles. The van der Waals surface area contributed by atoms with Crippen LogP contribution in [0.2, 0.25) is 0 Å². The van der Waals surface area contributed by atoms with Gasteiger partial charge in [-0.3, -0.25) is 4.98 Å². The van der Waals surface area contributed by atoms with Crippen LogP contribution < -0.4 is 4.72 Å². The van der Waals surface area contributed by atoms with Crippen LogP contribution in [0.4, 0.5) is 0 Å². The predicted octanol–water partition coefficient (Wildman–Crippen LogP) is 4.12. The van der Waals surface area contributed by atoms with Crippen LogP contribution in [0.25, 0.3) is 10.9 Å². The third-order valence-electron chi connectivity index (χ3n) is 7.22. The maximum atomic E-state index is 13.2. The Morgan fingerprint density at radius 3 is 2.31 bits per heavy atom. The van der Waals surface area contributed by atoms with Gasteiger partial charge in [0, 0.05) is 17.6 Å². The van der Waals surface area contributed by atoms with Gasteiger partial charge in [-0.2, -0.15) is 0 Å². The Labute approximate surface area is 155 Å². The fourth-order valence-corrected chi connectivity index (χ4v) is 7.95. The molecule has 0 amide bonds. The predicted molar refractivity (Wildman–Crippen MR) is 102 cm³/mol. The molecular weight excluding hydrogens is 344 g/mol. The van der Waals surface area contributed by atoms with Gasteiger partial charge in [0.25, 0.3) is 0 Å². The van der Waals surface area contributed by atoms with Gasteiger partial charge in [-0.15, -0.1) is 0 Å². The maximum absolute atomic E-state index is 13.2. The van der Waals surface area contributed by atoms with Crippen LogP contribution in [0.3, 0.4) is 0 Å². The molecule has 4 fully saturated rings. The van der Waals surface area contributed by atoms with Crippen LogP contribution in [-0.4, -0.2) is 19.4 Å². The fourth-order valence-electron chi connectivity index (χ4n) is 6.42. The third-order valence-corrected chi connectivity index (χ3v) is 8.79. The highest BCUT2D eigenvalue weighted by atomic mass is 32.2. The number of rotatable bonds is 4. The molecule has 5 heteroatoms. The van der Waals surface area contributed by atoms with Crippen molar-refractivity contribution in [1.82, 2.24) is 9.71 Å². The molecule has 1 N–H and O–H groups in total. The number of nitrogens with zero attached hydrogens (tertiary/aromatic N) is 1. The number of hydrogen-bond donors (Lipinski definition) is 1. The van der Waals surface area contributed by atoms with Gasteiger partial charge < -0.3 is 0 Å². The lowest BCUT2D eigenvalue weighted by molar-refractivity contribution is -0.0666. The van der Waals surface area contributed by atoms with E-state index in [1.165, 1.54) is 38.5 Å². The van der Waals surface area contributed by atoms with Crippen molar-refractivity contribution in [2.45, 2.75) is 56.4 Å². The van der Waals surface area contributed by atoms with Gasteiger partial charge >= 0.3 is 0 Å². The van der Waals surface area contributed by atoms with Crippen LogP contribution in [0.15, 0.2) is 41.4 Å². The molecule has 4 aliphatic carbocycles. The van der Waals surface area contributed by atoms with Gasteiger partial charge in [-0.25, -0.2) is 13.1 Å². The molecule has 0 radical (unpaired) electrons. The average Bonchev–Trinajstić information content (AvgIpc) is 2.59. The standard InChI is InChI=1S/C21H26N2O2S/c1-14(21-11-15-8-16(12-21)10-17(9-15)13-21)23-26(24,25)19-6-2-4-18-5-3-7-22-20(18)19/h2-7,14-17,23H,8-13H2,1H3. The summed E-state index contributed by atoms with van der Waals surface area (Å²) in [5.41, 5.74) is 0.708. The SMILES string of the molecule is CC(NS(=O)(=O)c1cccc2cccnc12)C12CC3CC(CC(C3)C1)C2. The monoisotopic (exact) mass is 370 g/mol. The zero-order valence-electron chi connectivity index (χ0n) is 15.2. The van der Waals surface area contributed by atoms with Crippen molar-refractivity contribution >= 4 is 20.9 Å². The maximum Gasteiger partial charge on any atom is 0.242 e. The van der Waals surface area contributed by atoms with Crippen molar-refractivity contribution in [3.05, 3.63) is 36.5 Å². The van der Waals surface area contributed by atoms with E-state index < -0.39 is 10.0 Å². The summed E-state index contributed by atoms with van der Waals surface area (Å²) in [6, 6.07) is 9.09. The second-order valence-electron chi connectivity index (χ2n) is 8.95. The van der Waals surface area contributed by atoms with Crippen molar-refractivity contribution in [2.24, 2.45) is 23.2 Å². The van der Waals surface area contributed by atoms with Crippen molar-refractivity contribution in [1.29, 1.82) is 0 Å².